The summed E-state index contributed by atoms with van der Waals surface area (Å²) in [5.74, 6) is 1.70. The third-order valence-corrected chi connectivity index (χ3v) is 5.49. The lowest BCUT2D eigenvalue weighted by atomic mass is 9.92. The van der Waals surface area contributed by atoms with E-state index in [1.165, 1.54) is 51.5 Å². The molecule has 2 fully saturated rings. The fraction of sp³-hybridized carbons (Fsp3) is 0.714. The van der Waals surface area contributed by atoms with Crippen molar-refractivity contribution < 1.29 is 4.74 Å². The SMILES string of the molecule is CCNC(=NCCOc1cccnc1)NC1CCCN(C2CCCCC2)C1. The van der Waals surface area contributed by atoms with Gasteiger partial charge < -0.3 is 15.4 Å². The topological polar surface area (TPSA) is 61.8 Å². The highest BCUT2D eigenvalue weighted by Crippen LogP contribution is 2.25. The van der Waals surface area contributed by atoms with Gasteiger partial charge in [0, 0.05) is 31.4 Å². The van der Waals surface area contributed by atoms with Crippen molar-refractivity contribution in [1.82, 2.24) is 20.5 Å². The molecular weight excluding hydrogens is 338 g/mol. The van der Waals surface area contributed by atoms with Crippen LogP contribution in [0.25, 0.3) is 0 Å². The van der Waals surface area contributed by atoms with Gasteiger partial charge >= 0.3 is 0 Å². The number of nitrogens with one attached hydrogen (secondary N) is 2. The molecule has 2 N–H and O–H groups in total. The minimum atomic E-state index is 0.484. The molecule has 0 amide bonds. The summed E-state index contributed by atoms with van der Waals surface area (Å²) in [6.07, 6.45) is 13.0. The molecule has 0 spiro atoms. The summed E-state index contributed by atoms with van der Waals surface area (Å²) < 4.78 is 5.69. The maximum absolute atomic E-state index is 5.69. The van der Waals surface area contributed by atoms with Crippen LogP contribution in [0.1, 0.15) is 51.9 Å². The minimum absolute atomic E-state index is 0.484. The number of aliphatic imine (C=N–C) groups is 1. The maximum Gasteiger partial charge on any atom is 0.191 e. The van der Waals surface area contributed by atoms with Gasteiger partial charge in [-0.15, -0.1) is 0 Å². The van der Waals surface area contributed by atoms with Gasteiger partial charge in [-0.3, -0.25) is 9.88 Å². The molecule has 1 aromatic heterocycles. The zero-order chi connectivity index (χ0) is 18.7. The van der Waals surface area contributed by atoms with Crippen LogP contribution in [0.15, 0.2) is 29.5 Å². The minimum Gasteiger partial charge on any atom is -0.490 e. The standard InChI is InChI=1S/C21H35N5O/c1-2-23-21(24-13-15-27-20-11-6-12-22-16-20)25-18-8-7-14-26(17-18)19-9-4-3-5-10-19/h6,11-12,16,18-19H,2-5,7-10,13-15,17H2,1H3,(H2,23,24,25). The van der Waals surface area contributed by atoms with Crippen molar-refractivity contribution in [3.63, 3.8) is 0 Å². The van der Waals surface area contributed by atoms with Crippen LogP contribution < -0.4 is 15.4 Å². The molecule has 27 heavy (non-hydrogen) atoms. The molecule has 1 aliphatic heterocycles. The highest BCUT2D eigenvalue weighted by atomic mass is 16.5. The summed E-state index contributed by atoms with van der Waals surface area (Å²) in [5.41, 5.74) is 0. The number of piperidine rings is 1. The second-order valence-electron chi connectivity index (χ2n) is 7.57. The molecule has 150 valence electrons. The third kappa shape index (κ3) is 6.69. The predicted molar refractivity (Wildman–Crippen MR) is 110 cm³/mol. The Kier molecular flexibility index (Phi) is 8.21. The number of hydrogen-bond acceptors (Lipinski definition) is 4. The molecular formula is C21H35N5O. The van der Waals surface area contributed by atoms with Crippen LogP contribution in [-0.4, -0.2) is 60.7 Å². The van der Waals surface area contributed by atoms with E-state index in [0.29, 0.717) is 19.2 Å². The quantitative estimate of drug-likeness (QED) is 0.437. The smallest absolute Gasteiger partial charge is 0.191 e. The summed E-state index contributed by atoms with van der Waals surface area (Å²) in [5, 5.41) is 7.03. The Bertz CT molecular complexity index is 559. The van der Waals surface area contributed by atoms with Gasteiger partial charge in [0.25, 0.3) is 0 Å². The summed E-state index contributed by atoms with van der Waals surface area (Å²) in [6.45, 7) is 6.56. The van der Waals surface area contributed by atoms with Crippen molar-refractivity contribution in [2.24, 2.45) is 4.99 Å². The Morgan fingerprint density at radius 3 is 2.93 bits per heavy atom. The normalized spacial score (nSPS) is 22.4. The number of guanidine groups is 1. The number of nitrogens with zero attached hydrogens (tertiary/aromatic N) is 3. The lowest BCUT2D eigenvalue weighted by molar-refractivity contribution is 0.115. The molecule has 3 rings (SSSR count). The van der Waals surface area contributed by atoms with E-state index < -0.39 is 0 Å². The van der Waals surface area contributed by atoms with E-state index in [4.69, 9.17) is 9.73 Å². The van der Waals surface area contributed by atoms with Crippen molar-refractivity contribution in [3.8, 4) is 5.75 Å². The van der Waals surface area contributed by atoms with Crippen LogP contribution in [0.5, 0.6) is 5.75 Å². The third-order valence-electron chi connectivity index (χ3n) is 5.49. The Morgan fingerprint density at radius 2 is 2.15 bits per heavy atom. The Balaban J connectivity index is 1.45. The van der Waals surface area contributed by atoms with Gasteiger partial charge in [0.05, 0.1) is 12.7 Å². The molecule has 0 radical (unpaired) electrons. The van der Waals surface area contributed by atoms with Crippen molar-refractivity contribution in [2.45, 2.75) is 64.0 Å². The number of ether oxygens (including phenoxy) is 1. The van der Waals surface area contributed by atoms with E-state index in [1.807, 2.05) is 12.1 Å². The van der Waals surface area contributed by atoms with Gasteiger partial charge in [0.1, 0.15) is 12.4 Å². The van der Waals surface area contributed by atoms with Crippen LogP contribution in [-0.2, 0) is 0 Å². The van der Waals surface area contributed by atoms with Crippen LogP contribution in [0.3, 0.4) is 0 Å². The van der Waals surface area contributed by atoms with E-state index in [1.54, 1.807) is 12.4 Å². The summed E-state index contributed by atoms with van der Waals surface area (Å²) in [6, 6.07) is 5.08. The Morgan fingerprint density at radius 1 is 1.26 bits per heavy atom. The van der Waals surface area contributed by atoms with E-state index in [2.05, 4.69) is 27.4 Å². The number of aromatic nitrogens is 1. The first kappa shape index (κ1) is 19.9. The second kappa shape index (κ2) is 11.1. The lowest BCUT2D eigenvalue weighted by Crippen LogP contribution is -2.53. The molecule has 2 heterocycles. The molecule has 1 atom stereocenters. The van der Waals surface area contributed by atoms with Crippen LogP contribution in [0.4, 0.5) is 0 Å². The first-order valence-corrected chi connectivity index (χ1v) is 10.7. The first-order chi connectivity index (χ1) is 13.3. The molecule has 1 aliphatic carbocycles. The number of rotatable bonds is 7. The van der Waals surface area contributed by atoms with Gasteiger partial charge in [-0.05, 0) is 51.3 Å². The van der Waals surface area contributed by atoms with Gasteiger partial charge in [0.2, 0.25) is 0 Å². The molecule has 6 nitrogen and oxygen atoms in total. The van der Waals surface area contributed by atoms with Gasteiger partial charge in [0.15, 0.2) is 5.96 Å². The second-order valence-corrected chi connectivity index (χ2v) is 7.57. The monoisotopic (exact) mass is 373 g/mol. The van der Waals surface area contributed by atoms with E-state index in [-0.39, 0.29) is 0 Å². The molecule has 1 unspecified atom stereocenters. The number of hydrogen-bond donors (Lipinski definition) is 2. The molecule has 1 saturated carbocycles. The fourth-order valence-corrected chi connectivity index (χ4v) is 4.17. The van der Waals surface area contributed by atoms with Crippen molar-refractivity contribution in [3.05, 3.63) is 24.5 Å². The summed E-state index contributed by atoms with van der Waals surface area (Å²) in [4.78, 5) is 11.5. The summed E-state index contributed by atoms with van der Waals surface area (Å²) >= 11 is 0. The lowest BCUT2D eigenvalue weighted by Gasteiger charge is -2.40. The fourth-order valence-electron chi connectivity index (χ4n) is 4.17. The highest BCUT2D eigenvalue weighted by molar-refractivity contribution is 5.80. The van der Waals surface area contributed by atoms with Gasteiger partial charge in [-0.1, -0.05) is 19.3 Å². The van der Waals surface area contributed by atoms with Crippen LogP contribution >= 0.6 is 0 Å². The van der Waals surface area contributed by atoms with Crippen LogP contribution in [0.2, 0.25) is 0 Å². The molecule has 2 aliphatic rings. The average Bonchev–Trinajstić information content (AvgIpc) is 2.73. The first-order valence-electron chi connectivity index (χ1n) is 10.7. The van der Waals surface area contributed by atoms with Crippen LogP contribution in [0, 0.1) is 0 Å². The van der Waals surface area contributed by atoms with Gasteiger partial charge in [-0.2, -0.15) is 0 Å². The molecule has 6 heteroatoms. The zero-order valence-electron chi connectivity index (χ0n) is 16.7. The zero-order valence-corrected chi connectivity index (χ0v) is 16.7. The molecule has 0 aromatic carbocycles. The van der Waals surface area contributed by atoms with E-state index in [9.17, 15) is 0 Å². The van der Waals surface area contributed by atoms with Crippen molar-refractivity contribution in [1.29, 1.82) is 0 Å². The average molecular weight is 374 g/mol. The van der Waals surface area contributed by atoms with Gasteiger partial charge in [-0.25, -0.2) is 4.99 Å². The van der Waals surface area contributed by atoms with Crippen molar-refractivity contribution >= 4 is 5.96 Å². The molecule has 1 aromatic rings. The maximum atomic E-state index is 5.69. The predicted octanol–water partition coefficient (Wildman–Crippen LogP) is 2.81. The van der Waals surface area contributed by atoms with E-state index in [0.717, 1.165) is 30.8 Å². The Labute approximate surface area is 163 Å². The Hall–Kier alpha value is -1.82. The number of likely N-dealkylation sites (tertiary alicyclic amines) is 1. The van der Waals surface area contributed by atoms with E-state index >= 15 is 0 Å². The molecule has 0 bridgehead atoms. The number of pyridine rings is 1. The summed E-state index contributed by atoms with van der Waals surface area (Å²) in [7, 11) is 0. The van der Waals surface area contributed by atoms with Crippen molar-refractivity contribution in [2.75, 3.05) is 32.8 Å². The largest absolute Gasteiger partial charge is 0.490 e. The molecule has 1 saturated heterocycles. The highest BCUT2D eigenvalue weighted by Gasteiger charge is 2.27.